The molecule has 2 nitrogen and oxygen atoms in total. The summed E-state index contributed by atoms with van der Waals surface area (Å²) < 4.78 is 0. The van der Waals surface area contributed by atoms with E-state index in [-0.39, 0.29) is 11.6 Å². The van der Waals surface area contributed by atoms with E-state index in [0.717, 1.165) is 25.7 Å². The highest BCUT2D eigenvalue weighted by atomic mass is 16.2. The number of hydrogen-bond donors (Lipinski definition) is 0. The number of ketones is 2. The monoisotopic (exact) mass is 521 g/mol. The number of carbonyl (C=O) groups excluding carboxylic acids is 2. The fourth-order valence-corrected chi connectivity index (χ4v) is 5.39. The van der Waals surface area contributed by atoms with Crippen LogP contribution in [0.3, 0.4) is 0 Å². The third-order valence-electron chi connectivity index (χ3n) is 8.41. The second-order valence-corrected chi connectivity index (χ2v) is 12.5. The van der Waals surface area contributed by atoms with Gasteiger partial charge in [0.2, 0.25) is 0 Å². The maximum absolute atomic E-state index is 12.7. The number of hydrogen-bond acceptors (Lipinski definition) is 2. The van der Waals surface area contributed by atoms with Crippen molar-refractivity contribution in [3.8, 4) is 0 Å². The quantitative estimate of drug-likeness (QED) is 0.0697. The summed E-state index contributed by atoms with van der Waals surface area (Å²) in [6.45, 7) is 8.28. The molecule has 0 radical (unpaired) electrons. The van der Waals surface area contributed by atoms with Crippen LogP contribution in [0.4, 0.5) is 0 Å². The van der Waals surface area contributed by atoms with Crippen molar-refractivity contribution in [3.63, 3.8) is 0 Å². The normalized spacial score (nSPS) is 11.8. The zero-order chi connectivity index (χ0) is 27.5. The molecule has 37 heavy (non-hydrogen) atoms. The molecule has 0 N–H and O–H groups in total. The second kappa shape index (κ2) is 26.9. The zero-order valence-corrected chi connectivity index (χ0v) is 26.1. The van der Waals surface area contributed by atoms with Crippen molar-refractivity contribution in [3.05, 3.63) is 0 Å². The molecule has 2 heteroatoms. The topological polar surface area (TPSA) is 34.1 Å². The van der Waals surface area contributed by atoms with Gasteiger partial charge < -0.3 is 0 Å². The van der Waals surface area contributed by atoms with Crippen molar-refractivity contribution in [1.82, 2.24) is 0 Å². The zero-order valence-electron chi connectivity index (χ0n) is 26.1. The van der Waals surface area contributed by atoms with E-state index in [9.17, 15) is 9.59 Å². The van der Waals surface area contributed by atoms with Gasteiger partial charge in [0.15, 0.2) is 0 Å². The van der Waals surface area contributed by atoms with Gasteiger partial charge in [-0.3, -0.25) is 9.59 Å². The number of rotatable bonds is 30. The van der Waals surface area contributed by atoms with Crippen LogP contribution in [0.25, 0.3) is 0 Å². The van der Waals surface area contributed by atoms with Crippen molar-refractivity contribution in [2.24, 2.45) is 5.41 Å². The molecule has 0 aromatic rings. The molecule has 0 atom stereocenters. The highest BCUT2D eigenvalue weighted by molar-refractivity contribution is 6.06. The van der Waals surface area contributed by atoms with Crippen LogP contribution < -0.4 is 0 Å². The number of Topliss-reactive ketones (excluding diaryl/α,β-unsaturated/α-hetero) is 2. The Hall–Kier alpha value is -0.660. The van der Waals surface area contributed by atoms with Gasteiger partial charge in [-0.2, -0.15) is 0 Å². The molecule has 220 valence electrons. The lowest BCUT2D eigenvalue weighted by molar-refractivity contribution is -0.138. The van der Waals surface area contributed by atoms with Gasteiger partial charge in [-0.15, -0.1) is 0 Å². The lowest BCUT2D eigenvalue weighted by Crippen LogP contribution is -2.33. The van der Waals surface area contributed by atoms with Gasteiger partial charge in [0.25, 0.3) is 0 Å². The first-order valence-corrected chi connectivity index (χ1v) is 17.0. The standard InChI is InChI=1S/C35H68O2/c1-5-7-9-11-13-15-17-19-21-23-25-27-29-31-33(36)35(3,4)34(37)32-30-28-26-24-22-20-18-16-14-12-10-8-6-2/h5-32H2,1-4H3. The van der Waals surface area contributed by atoms with Gasteiger partial charge in [0.1, 0.15) is 11.6 Å². The minimum absolute atomic E-state index is 0.162. The molecule has 0 aromatic carbocycles. The molecule has 0 fully saturated rings. The van der Waals surface area contributed by atoms with E-state index in [1.807, 2.05) is 13.8 Å². The molecular formula is C35H68O2. The average molecular weight is 521 g/mol. The first kappa shape index (κ1) is 36.3. The van der Waals surface area contributed by atoms with E-state index in [0.29, 0.717) is 12.8 Å². The van der Waals surface area contributed by atoms with E-state index in [1.54, 1.807) is 0 Å². The van der Waals surface area contributed by atoms with Gasteiger partial charge in [-0.05, 0) is 26.7 Å². The Labute approximate surface area is 233 Å². The largest absolute Gasteiger partial charge is 0.299 e. The molecule has 0 aliphatic heterocycles. The highest BCUT2D eigenvalue weighted by Crippen LogP contribution is 2.25. The molecule has 0 aromatic heterocycles. The molecule has 0 aliphatic carbocycles. The summed E-state index contributed by atoms with van der Waals surface area (Å²) in [6, 6.07) is 0. The Balaban J connectivity index is 3.59. The molecule has 0 bridgehead atoms. The van der Waals surface area contributed by atoms with Gasteiger partial charge >= 0.3 is 0 Å². The van der Waals surface area contributed by atoms with Gasteiger partial charge in [-0.1, -0.05) is 168 Å². The predicted molar refractivity (Wildman–Crippen MR) is 164 cm³/mol. The van der Waals surface area contributed by atoms with Gasteiger partial charge in [0, 0.05) is 12.8 Å². The molecule has 0 rings (SSSR count). The maximum atomic E-state index is 12.7. The van der Waals surface area contributed by atoms with E-state index in [4.69, 9.17) is 0 Å². The minimum Gasteiger partial charge on any atom is -0.299 e. The minimum atomic E-state index is -0.783. The van der Waals surface area contributed by atoms with E-state index >= 15 is 0 Å². The molecule has 0 amide bonds. The molecular weight excluding hydrogens is 452 g/mol. The molecule has 0 spiro atoms. The van der Waals surface area contributed by atoms with E-state index < -0.39 is 5.41 Å². The van der Waals surface area contributed by atoms with Crippen molar-refractivity contribution in [1.29, 1.82) is 0 Å². The summed E-state index contributed by atoms with van der Waals surface area (Å²) in [7, 11) is 0. The summed E-state index contributed by atoms with van der Waals surface area (Å²) in [5.41, 5.74) is -0.783. The van der Waals surface area contributed by atoms with Crippen LogP contribution in [0, 0.1) is 5.41 Å². The van der Waals surface area contributed by atoms with Crippen molar-refractivity contribution in [2.45, 2.75) is 207 Å². The van der Waals surface area contributed by atoms with E-state index in [1.165, 1.54) is 141 Å². The maximum Gasteiger partial charge on any atom is 0.145 e. The first-order chi connectivity index (χ1) is 18.0. The third kappa shape index (κ3) is 23.0. The number of unbranched alkanes of at least 4 members (excludes halogenated alkanes) is 24. The van der Waals surface area contributed by atoms with Crippen LogP contribution in [0.1, 0.15) is 207 Å². The average Bonchev–Trinajstić information content (AvgIpc) is 2.89. The predicted octanol–water partition coefficient (Wildman–Crippen LogP) is 12.1. The van der Waals surface area contributed by atoms with Gasteiger partial charge in [-0.25, -0.2) is 0 Å². The van der Waals surface area contributed by atoms with Crippen molar-refractivity contribution >= 4 is 11.6 Å². The Morgan fingerprint density at radius 1 is 0.351 bits per heavy atom. The molecule has 0 saturated carbocycles. The first-order valence-electron chi connectivity index (χ1n) is 17.0. The smallest absolute Gasteiger partial charge is 0.145 e. The van der Waals surface area contributed by atoms with Crippen LogP contribution in [0.2, 0.25) is 0 Å². The highest BCUT2D eigenvalue weighted by Gasteiger charge is 2.33. The fourth-order valence-electron chi connectivity index (χ4n) is 5.39. The van der Waals surface area contributed by atoms with Crippen molar-refractivity contribution in [2.75, 3.05) is 0 Å². The third-order valence-corrected chi connectivity index (χ3v) is 8.41. The molecule has 0 saturated heterocycles. The Morgan fingerprint density at radius 2 is 0.541 bits per heavy atom. The van der Waals surface area contributed by atoms with Crippen LogP contribution in [0.5, 0.6) is 0 Å². The van der Waals surface area contributed by atoms with Crippen LogP contribution in [-0.4, -0.2) is 11.6 Å². The van der Waals surface area contributed by atoms with Crippen LogP contribution in [-0.2, 0) is 9.59 Å². The Bertz CT molecular complexity index is 463. The lowest BCUT2D eigenvalue weighted by atomic mass is 9.79. The summed E-state index contributed by atoms with van der Waals surface area (Å²) in [5, 5.41) is 0. The summed E-state index contributed by atoms with van der Waals surface area (Å²) >= 11 is 0. The Kier molecular flexibility index (Phi) is 26.4. The SMILES string of the molecule is CCCCCCCCCCCCCCCC(=O)C(C)(C)C(=O)CCCCCCCCCCCCCCC. The molecule has 0 unspecified atom stereocenters. The molecule has 0 aliphatic rings. The van der Waals surface area contributed by atoms with E-state index in [2.05, 4.69) is 13.8 Å². The molecule has 0 heterocycles. The fraction of sp³-hybridized carbons (Fsp3) is 0.943. The van der Waals surface area contributed by atoms with Crippen LogP contribution in [0.15, 0.2) is 0 Å². The van der Waals surface area contributed by atoms with Gasteiger partial charge in [0.05, 0.1) is 5.41 Å². The van der Waals surface area contributed by atoms with Crippen LogP contribution >= 0.6 is 0 Å². The van der Waals surface area contributed by atoms with Crippen molar-refractivity contribution < 1.29 is 9.59 Å². The lowest BCUT2D eigenvalue weighted by Gasteiger charge is -2.21. The summed E-state index contributed by atoms with van der Waals surface area (Å²) in [4.78, 5) is 25.4. The Morgan fingerprint density at radius 3 is 0.757 bits per heavy atom. The number of carbonyl (C=O) groups is 2. The summed E-state index contributed by atoms with van der Waals surface area (Å²) in [6.07, 6.45) is 35.3. The summed E-state index contributed by atoms with van der Waals surface area (Å²) in [5.74, 6) is 0.325. The second-order valence-electron chi connectivity index (χ2n) is 12.5.